The third-order valence-corrected chi connectivity index (χ3v) is 2.29. The maximum absolute atomic E-state index is 10.9. The molecule has 1 fully saturated rings. The Bertz CT molecular complexity index is 198. The van der Waals surface area contributed by atoms with E-state index in [0.717, 1.165) is 12.8 Å². The zero-order valence-electron chi connectivity index (χ0n) is 7.71. The number of hydrogen-bond acceptors (Lipinski definition) is 3. The fourth-order valence-electron chi connectivity index (χ4n) is 1.29. The standard InChI is InChI=1S/C9H16N2O2/c1-2-8(12)11-7-9(10)3-5-13-6-4-9/h2H,1,3-7,10H2,(H,11,12). The van der Waals surface area contributed by atoms with Gasteiger partial charge in [0, 0.05) is 25.3 Å². The van der Waals surface area contributed by atoms with Gasteiger partial charge in [-0.25, -0.2) is 0 Å². The zero-order valence-corrected chi connectivity index (χ0v) is 7.71. The van der Waals surface area contributed by atoms with Crippen LogP contribution in [0.5, 0.6) is 0 Å². The maximum atomic E-state index is 10.9. The van der Waals surface area contributed by atoms with Gasteiger partial charge in [0.25, 0.3) is 0 Å². The number of rotatable bonds is 3. The molecule has 3 N–H and O–H groups in total. The predicted octanol–water partition coefficient (Wildman–Crippen LogP) is -0.204. The number of ether oxygens (including phenoxy) is 1. The summed E-state index contributed by atoms with van der Waals surface area (Å²) in [6.45, 7) is 5.23. The Labute approximate surface area is 78.1 Å². The van der Waals surface area contributed by atoms with E-state index < -0.39 is 0 Å². The number of carbonyl (C=O) groups excluding carboxylic acids is 1. The lowest BCUT2D eigenvalue weighted by Crippen LogP contribution is -2.53. The summed E-state index contributed by atoms with van der Waals surface area (Å²) < 4.78 is 5.19. The van der Waals surface area contributed by atoms with Crippen molar-refractivity contribution in [2.75, 3.05) is 19.8 Å². The number of nitrogens with two attached hydrogens (primary N) is 1. The van der Waals surface area contributed by atoms with E-state index in [9.17, 15) is 4.79 Å². The fraction of sp³-hybridized carbons (Fsp3) is 0.667. The molecule has 0 aromatic rings. The van der Waals surface area contributed by atoms with Gasteiger partial charge in [-0.05, 0) is 18.9 Å². The molecule has 13 heavy (non-hydrogen) atoms. The van der Waals surface area contributed by atoms with Crippen molar-refractivity contribution in [1.82, 2.24) is 5.32 Å². The van der Waals surface area contributed by atoms with Gasteiger partial charge < -0.3 is 15.8 Å². The van der Waals surface area contributed by atoms with Crippen molar-refractivity contribution in [2.24, 2.45) is 5.73 Å². The van der Waals surface area contributed by atoms with Gasteiger partial charge in [-0.3, -0.25) is 4.79 Å². The van der Waals surface area contributed by atoms with E-state index in [4.69, 9.17) is 10.5 Å². The highest BCUT2D eigenvalue weighted by Crippen LogP contribution is 2.16. The first kappa shape index (κ1) is 10.2. The summed E-state index contributed by atoms with van der Waals surface area (Å²) >= 11 is 0. The average molecular weight is 184 g/mol. The topological polar surface area (TPSA) is 64.4 Å². The van der Waals surface area contributed by atoms with Crippen molar-refractivity contribution in [3.63, 3.8) is 0 Å². The van der Waals surface area contributed by atoms with Crippen LogP contribution >= 0.6 is 0 Å². The normalized spacial score (nSPS) is 20.7. The van der Waals surface area contributed by atoms with Gasteiger partial charge in [-0.2, -0.15) is 0 Å². The maximum Gasteiger partial charge on any atom is 0.243 e. The van der Waals surface area contributed by atoms with E-state index >= 15 is 0 Å². The SMILES string of the molecule is C=CC(=O)NCC1(N)CCOCC1. The molecule has 1 aliphatic rings. The van der Waals surface area contributed by atoms with Crippen molar-refractivity contribution >= 4 is 5.91 Å². The number of hydrogen-bond donors (Lipinski definition) is 2. The van der Waals surface area contributed by atoms with Gasteiger partial charge in [0.1, 0.15) is 0 Å². The van der Waals surface area contributed by atoms with Crippen LogP contribution in [0.2, 0.25) is 0 Å². The Hall–Kier alpha value is -0.870. The van der Waals surface area contributed by atoms with Crippen LogP contribution in [0.15, 0.2) is 12.7 Å². The minimum atomic E-state index is -0.295. The number of nitrogens with one attached hydrogen (secondary N) is 1. The van der Waals surface area contributed by atoms with Crippen molar-refractivity contribution in [3.05, 3.63) is 12.7 Å². The first-order chi connectivity index (χ1) is 6.16. The van der Waals surface area contributed by atoms with Crippen LogP contribution < -0.4 is 11.1 Å². The highest BCUT2D eigenvalue weighted by Gasteiger charge is 2.27. The Balaban J connectivity index is 2.32. The van der Waals surface area contributed by atoms with Gasteiger partial charge in [-0.15, -0.1) is 0 Å². The second-order valence-corrected chi connectivity index (χ2v) is 3.40. The molecule has 0 atom stereocenters. The molecule has 0 bridgehead atoms. The van der Waals surface area contributed by atoms with Gasteiger partial charge in [0.05, 0.1) is 0 Å². The molecule has 1 saturated heterocycles. The molecule has 4 heteroatoms. The molecule has 0 unspecified atom stereocenters. The summed E-state index contributed by atoms with van der Waals surface area (Å²) in [5.74, 6) is -0.170. The molecule has 1 heterocycles. The lowest BCUT2D eigenvalue weighted by Gasteiger charge is -2.33. The third kappa shape index (κ3) is 3.16. The molecule has 0 aromatic carbocycles. The van der Waals surface area contributed by atoms with E-state index in [1.807, 2.05) is 0 Å². The zero-order chi connectivity index (χ0) is 9.73. The lowest BCUT2D eigenvalue weighted by atomic mass is 9.91. The smallest absolute Gasteiger partial charge is 0.243 e. The third-order valence-electron chi connectivity index (χ3n) is 2.29. The Morgan fingerprint density at radius 1 is 1.62 bits per heavy atom. The molecular formula is C9H16N2O2. The molecule has 74 valence electrons. The molecule has 1 aliphatic heterocycles. The molecule has 0 spiro atoms. The molecule has 1 amide bonds. The van der Waals surface area contributed by atoms with Crippen molar-refractivity contribution in [2.45, 2.75) is 18.4 Å². The summed E-state index contributed by atoms with van der Waals surface area (Å²) in [7, 11) is 0. The Morgan fingerprint density at radius 2 is 2.23 bits per heavy atom. The number of carbonyl (C=O) groups is 1. The van der Waals surface area contributed by atoms with Crippen molar-refractivity contribution < 1.29 is 9.53 Å². The van der Waals surface area contributed by atoms with Crippen LogP contribution in [0.3, 0.4) is 0 Å². The second-order valence-electron chi connectivity index (χ2n) is 3.40. The quantitative estimate of drug-likeness (QED) is 0.597. The Morgan fingerprint density at radius 3 is 2.77 bits per heavy atom. The first-order valence-electron chi connectivity index (χ1n) is 4.43. The summed E-state index contributed by atoms with van der Waals surface area (Å²) in [5.41, 5.74) is 5.74. The molecular weight excluding hydrogens is 168 g/mol. The Kier molecular flexibility index (Phi) is 3.45. The van der Waals surface area contributed by atoms with Crippen LogP contribution in [-0.4, -0.2) is 31.2 Å². The minimum absolute atomic E-state index is 0.170. The minimum Gasteiger partial charge on any atom is -0.381 e. The largest absolute Gasteiger partial charge is 0.381 e. The summed E-state index contributed by atoms with van der Waals surface area (Å²) in [4.78, 5) is 10.9. The van der Waals surface area contributed by atoms with Crippen LogP contribution in [0.1, 0.15) is 12.8 Å². The fourth-order valence-corrected chi connectivity index (χ4v) is 1.29. The van der Waals surface area contributed by atoms with Crippen LogP contribution in [0, 0.1) is 0 Å². The van der Waals surface area contributed by atoms with E-state index in [1.165, 1.54) is 6.08 Å². The summed E-state index contributed by atoms with van der Waals surface area (Å²) in [6.07, 6.45) is 2.84. The highest BCUT2D eigenvalue weighted by molar-refractivity contribution is 5.86. The van der Waals surface area contributed by atoms with Crippen molar-refractivity contribution in [1.29, 1.82) is 0 Å². The van der Waals surface area contributed by atoms with Crippen LogP contribution in [0.25, 0.3) is 0 Å². The van der Waals surface area contributed by atoms with Crippen molar-refractivity contribution in [3.8, 4) is 0 Å². The molecule has 0 radical (unpaired) electrons. The van der Waals surface area contributed by atoms with Gasteiger partial charge in [-0.1, -0.05) is 6.58 Å². The summed E-state index contributed by atoms with van der Waals surface area (Å²) in [5, 5.41) is 2.70. The highest BCUT2D eigenvalue weighted by atomic mass is 16.5. The van der Waals surface area contributed by atoms with E-state index in [1.54, 1.807) is 0 Å². The number of amides is 1. The van der Waals surface area contributed by atoms with Crippen LogP contribution in [-0.2, 0) is 9.53 Å². The molecule has 0 aliphatic carbocycles. The summed E-state index contributed by atoms with van der Waals surface area (Å²) in [6, 6.07) is 0. The van der Waals surface area contributed by atoms with Gasteiger partial charge in [0.2, 0.25) is 5.91 Å². The van der Waals surface area contributed by atoms with Crippen LogP contribution in [0.4, 0.5) is 0 Å². The molecule has 4 nitrogen and oxygen atoms in total. The monoisotopic (exact) mass is 184 g/mol. The van der Waals surface area contributed by atoms with Gasteiger partial charge >= 0.3 is 0 Å². The predicted molar refractivity (Wildman–Crippen MR) is 50.2 cm³/mol. The van der Waals surface area contributed by atoms with E-state index in [-0.39, 0.29) is 11.4 Å². The average Bonchev–Trinajstić information content (AvgIpc) is 2.15. The first-order valence-corrected chi connectivity index (χ1v) is 4.43. The van der Waals surface area contributed by atoms with E-state index in [2.05, 4.69) is 11.9 Å². The van der Waals surface area contributed by atoms with Gasteiger partial charge in [0.15, 0.2) is 0 Å². The molecule has 0 aromatic heterocycles. The molecule has 0 saturated carbocycles. The van der Waals surface area contributed by atoms with E-state index in [0.29, 0.717) is 19.8 Å². The lowest BCUT2D eigenvalue weighted by molar-refractivity contribution is -0.116. The second kappa shape index (κ2) is 4.39. The molecule has 1 rings (SSSR count).